The number of likely N-dealkylation sites (N-methyl/N-ethyl adjacent to an activating group) is 1. The average Bonchev–Trinajstić information content (AvgIpc) is 3.17. The van der Waals surface area contributed by atoms with Gasteiger partial charge < -0.3 is 28.6 Å². The molecule has 0 fully saturated rings. The molecule has 2 atom stereocenters. The predicted molar refractivity (Wildman–Crippen MR) is 235 cm³/mol. The van der Waals surface area contributed by atoms with Crippen LogP contribution in [-0.2, 0) is 28.6 Å². The Labute approximate surface area is 347 Å². The van der Waals surface area contributed by atoms with E-state index in [1.165, 1.54) is 44.9 Å². The zero-order valence-corrected chi connectivity index (χ0v) is 36.5. The quantitative estimate of drug-likeness (QED) is 0.0267. The number of carbonyl (C=O) groups is 3. The normalized spacial score (nSPS) is 13.9. The minimum absolute atomic E-state index is 0.00718. The molecule has 8 heteroatoms. The Balaban J connectivity index is 4.53. The van der Waals surface area contributed by atoms with Crippen LogP contribution in [0.25, 0.3) is 0 Å². The number of nitrogens with zero attached hydrogens (tertiary/aromatic N) is 1. The van der Waals surface area contributed by atoms with E-state index in [0.29, 0.717) is 12.8 Å². The van der Waals surface area contributed by atoms with Crippen LogP contribution in [0.15, 0.2) is 97.2 Å². The van der Waals surface area contributed by atoms with Crippen molar-refractivity contribution in [3.05, 3.63) is 97.2 Å². The minimum Gasteiger partial charge on any atom is -0.544 e. The molecule has 0 aliphatic carbocycles. The summed E-state index contributed by atoms with van der Waals surface area (Å²) in [4.78, 5) is 36.8. The third-order valence-electron chi connectivity index (χ3n) is 9.14. The third-order valence-corrected chi connectivity index (χ3v) is 9.14. The second-order valence-electron chi connectivity index (χ2n) is 15.4. The Hall–Kier alpha value is -3.75. The van der Waals surface area contributed by atoms with E-state index < -0.39 is 18.1 Å². The molecule has 0 N–H and O–H groups in total. The first-order chi connectivity index (χ1) is 27.6. The largest absolute Gasteiger partial charge is 0.544 e. The first-order valence-electron chi connectivity index (χ1n) is 21.9. The van der Waals surface area contributed by atoms with E-state index in [4.69, 9.17) is 14.2 Å². The van der Waals surface area contributed by atoms with E-state index in [1.54, 1.807) is 21.1 Å². The van der Waals surface area contributed by atoms with Crippen LogP contribution in [0.5, 0.6) is 0 Å². The van der Waals surface area contributed by atoms with Crippen molar-refractivity contribution in [1.29, 1.82) is 0 Å². The fourth-order valence-corrected chi connectivity index (χ4v) is 5.74. The second-order valence-corrected chi connectivity index (χ2v) is 15.4. The van der Waals surface area contributed by atoms with Crippen molar-refractivity contribution in [3.63, 3.8) is 0 Å². The molecule has 0 amide bonds. The van der Waals surface area contributed by atoms with Gasteiger partial charge in [-0.1, -0.05) is 162 Å². The van der Waals surface area contributed by atoms with Crippen LogP contribution < -0.4 is 5.11 Å². The van der Waals surface area contributed by atoms with Crippen LogP contribution in [0.4, 0.5) is 0 Å². The van der Waals surface area contributed by atoms with Crippen LogP contribution >= 0.6 is 0 Å². The number of rotatable bonds is 37. The first kappa shape index (κ1) is 53.2. The zero-order valence-electron chi connectivity index (χ0n) is 36.5. The van der Waals surface area contributed by atoms with E-state index in [2.05, 4.69) is 50.3 Å². The molecular weight excluding hydrogens is 715 g/mol. The van der Waals surface area contributed by atoms with E-state index in [1.807, 2.05) is 60.8 Å². The van der Waals surface area contributed by atoms with Gasteiger partial charge in [0.25, 0.3) is 0 Å². The van der Waals surface area contributed by atoms with Crippen LogP contribution in [0.3, 0.4) is 0 Å². The molecule has 0 radical (unpaired) electrons. The van der Waals surface area contributed by atoms with Crippen LogP contribution in [0.1, 0.15) is 142 Å². The van der Waals surface area contributed by atoms with Gasteiger partial charge in [-0.25, -0.2) is 0 Å². The SMILES string of the molecule is CC/C=C/C=C/C=C/C=C/C=C/C=C/CCCCCC(=O)OC(COCCC(C(=O)[O-])[N+](C)(C)C)COC(=O)CCCCC/C=C/C=C/CCCCCCCCC. The average molecular weight is 794 g/mol. The lowest BCUT2D eigenvalue weighted by molar-refractivity contribution is -0.889. The van der Waals surface area contributed by atoms with Gasteiger partial charge in [0, 0.05) is 19.3 Å². The molecule has 0 aromatic rings. The zero-order chi connectivity index (χ0) is 42.1. The lowest BCUT2D eigenvalue weighted by Crippen LogP contribution is -2.55. The third kappa shape index (κ3) is 37.6. The highest BCUT2D eigenvalue weighted by molar-refractivity contribution is 5.70. The highest BCUT2D eigenvalue weighted by Gasteiger charge is 2.25. The number of unbranched alkanes of at least 4 members (excludes halogenated alkanes) is 13. The van der Waals surface area contributed by atoms with E-state index >= 15 is 0 Å². The Morgan fingerprint density at radius 3 is 1.47 bits per heavy atom. The fraction of sp³-hybridized carbons (Fsp3) is 0.612. The van der Waals surface area contributed by atoms with Gasteiger partial charge in [0.15, 0.2) is 6.10 Å². The van der Waals surface area contributed by atoms with Crippen molar-refractivity contribution in [2.75, 3.05) is 41.0 Å². The van der Waals surface area contributed by atoms with Gasteiger partial charge >= 0.3 is 11.9 Å². The predicted octanol–water partition coefficient (Wildman–Crippen LogP) is 10.6. The maximum Gasteiger partial charge on any atom is 0.306 e. The first-order valence-corrected chi connectivity index (χ1v) is 21.9. The maximum absolute atomic E-state index is 12.7. The number of carboxylic acid groups (broad SMARTS) is 1. The van der Waals surface area contributed by atoms with Crippen molar-refractivity contribution in [1.82, 2.24) is 0 Å². The highest BCUT2D eigenvalue weighted by atomic mass is 16.6. The molecule has 0 aliphatic rings. The van der Waals surface area contributed by atoms with Gasteiger partial charge in [-0.2, -0.15) is 0 Å². The number of quaternary nitrogens is 1. The van der Waals surface area contributed by atoms with Crippen molar-refractivity contribution in [3.8, 4) is 0 Å². The van der Waals surface area contributed by atoms with Gasteiger partial charge in [0.1, 0.15) is 12.6 Å². The summed E-state index contributed by atoms with van der Waals surface area (Å²) in [6.45, 7) is 4.41. The Bertz CT molecular complexity index is 1250. The highest BCUT2D eigenvalue weighted by Crippen LogP contribution is 2.12. The number of hydrogen-bond donors (Lipinski definition) is 0. The number of ether oxygens (including phenoxy) is 3. The maximum atomic E-state index is 12.7. The Morgan fingerprint density at radius 1 is 0.544 bits per heavy atom. The summed E-state index contributed by atoms with van der Waals surface area (Å²) in [6, 6.07) is -0.744. The summed E-state index contributed by atoms with van der Waals surface area (Å²) in [5, 5.41) is 11.6. The lowest BCUT2D eigenvalue weighted by atomic mass is 10.1. The van der Waals surface area contributed by atoms with Gasteiger partial charge in [0.2, 0.25) is 0 Å². The summed E-state index contributed by atoms with van der Waals surface area (Å²) in [7, 11) is 5.37. The monoisotopic (exact) mass is 794 g/mol. The van der Waals surface area contributed by atoms with Crippen LogP contribution in [-0.4, -0.2) is 75.5 Å². The molecule has 0 rings (SSSR count). The topological polar surface area (TPSA) is 102 Å². The molecule has 0 bridgehead atoms. The fourth-order valence-electron chi connectivity index (χ4n) is 5.74. The summed E-state index contributed by atoms with van der Waals surface area (Å²) in [6.07, 6.45) is 51.5. The van der Waals surface area contributed by atoms with Gasteiger partial charge in [-0.3, -0.25) is 9.59 Å². The summed E-state index contributed by atoms with van der Waals surface area (Å²) < 4.78 is 17.1. The molecule has 0 heterocycles. The van der Waals surface area contributed by atoms with E-state index in [-0.39, 0.29) is 49.1 Å². The van der Waals surface area contributed by atoms with Gasteiger partial charge in [-0.05, 0) is 57.8 Å². The lowest BCUT2D eigenvalue weighted by Gasteiger charge is -2.34. The molecule has 322 valence electrons. The Morgan fingerprint density at radius 2 is 0.982 bits per heavy atom. The molecular formula is C49H79NO7. The molecule has 2 unspecified atom stereocenters. The number of carboxylic acids is 1. The molecule has 0 saturated heterocycles. The summed E-state index contributed by atoms with van der Waals surface area (Å²) >= 11 is 0. The number of esters is 2. The van der Waals surface area contributed by atoms with Crippen LogP contribution in [0.2, 0.25) is 0 Å². The van der Waals surface area contributed by atoms with Crippen molar-refractivity contribution in [2.24, 2.45) is 0 Å². The van der Waals surface area contributed by atoms with Crippen LogP contribution in [0, 0.1) is 0 Å². The molecule has 8 nitrogen and oxygen atoms in total. The van der Waals surface area contributed by atoms with Gasteiger partial charge in [0.05, 0.1) is 40.3 Å². The van der Waals surface area contributed by atoms with Crippen molar-refractivity contribution < 1.29 is 38.2 Å². The number of aliphatic carboxylic acids is 1. The molecule has 57 heavy (non-hydrogen) atoms. The summed E-state index contributed by atoms with van der Waals surface area (Å²) in [5.41, 5.74) is 0. The molecule has 0 aromatic carbocycles. The molecule has 0 aliphatic heterocycles. The van der Waals surface area contributed by atoms with E-state index in [0.717, 1.165) is 57.8 Å². The van der Waals surface area contributed by atoms with Gasteiger partial charge in [-0.15, -0.1) is 0 Å². The smallest absolute Gasteiger partial charge is 0.306 e. The van der Waals surface area contributed by atoms with Crippen molar-refractivity contribution >= 4 is 17.9 Å². The number of carbonyl (C=O) groups excluding carboxylic acids is 3. The number of allylic oxidation sites excluding steroid dienone is 16. The molecule has 0 spiro atoms. The number of hydrogen-bond acceptors (Lipinski definition) is 7. The second kappa shape index (κ2) is 39.1. The molecule has 0 saturated carbocycles. The Kier molecular flexibility index (Phi) is 36.5. The molecule has 0 aromatic heterocycles. The summed E-state index contributed by atoms with van der Waals surface area (Å²) in [5.74, 6) is -1.84. The minimum atomic E-state index is -1.14. The van der Waals surface area contributed by atoms with E-state index in [9.17, 15) is 19.5 Å². The standard InChI is InChI=1S/C49H79NO7/c1-6-8-10-12-14-16-18-20-22-24-26-28-30-32-34-36-38-40-48(52)57-45(43-55-42-41-46(49(53)54)50(3,4)5)44-56-47(51)39-37-35-33-31-29-27-25-23-21-19-17-15-13-11-9-7-2/h8,10,12,14,16,18,20,22-30,45-46H,6-7,9,11,13,15,17,19,21,31-44H2,1-5H3/b10-8+,14-12+,18-16+,22-20+,25-23+,26-24+,29-27+,30-28+. The van der Waals surface area contributed by atoms with Crippen molar-refractivity contribution in [2.45, 2.75) is 154 Å².